The van der Waals surface area contributed by atoms with Gasteiger partial charge in [-0.1, -0.05) is 42.5 Å². The monoisotopic (exact) mass is 382 g/mol. The van der Waals surface area contributed by atoms with E-state index in [9.17, 15) is 14.4 Å². The van der Waals surface area contributed by atoms with Gasteiger partial charge < -0.3 is 20.1 Å². The van der Waals surface area contributed by atoms with Crippen LogP contribution in [0.2, 0.25) is 0 Å². The average Bonchev–Trinajstić information content (AvgIpc) is 3.18. The highest BCUT2D eigenvalue weighted by molar-refractivity contribution is 5.87. The van der Waals surface area contributed by atoms with Gasteiger partial charge in [-0.05, 0) is 23.3 Å². The second-order valence-corrected chi connectivity index (χ2v) is 6.71. The number of amides is 2. The molecule has 1 aliphatic heterocycles. The van der Waals surface area contributed by atoms with Crippen molar-refractivity contribution in [3.8, 4) is 0 Å². The van der Waals surface area contributed by atoms with E-state index in [-0.39, 0.29) is 36.6 Å². The third kappa shape index (κ3) is 4.31. The summed E-state index contributed by atoms with van der Waals surface area (Å²) in [5.41, 5.74) is 1.99. The van der Waals surface area contributed by atoms with Crippen LogP contribution >= 0.6 is 0 Å². The summed E-state index contributed by atoms with van der Waals surface area (Å²) in [6, 6.07) is 15.7. The van der Waals surface area contributed by atoms with Crippen LogP contribution in [0, 0.1) is 5.92 Å². The highest BCUT2D eigenvalue weighted by Gasteiger charge is 2.41. The minimum atomic E-state index is -0.992. The minimum Gasteiger partial charge on any atom is -0.478 e. The first kappa shape index (κ1) is 19.4. The summed E-state index contributed by atoms with van der Waals surface area (Å²) >= 11 is 0. The number of nitrogens with zero attached hydrogens (tertiary/aromatic N) is 1. The Morgan fingerprint density at radius 3 is 2.36 bits per heavy atom. The number of carboxylic acids is 1. The van der Waals surface area contributed by atoms with Crippen LogP contribution in [0.25, 0.3) is 0 Å². The standard InChI is InChI=1S/C21H22N2O5/c1-28-20(26)18-13-23(12-17(18)15-5-3-2-4-6-15)21(27)22-11-14-7-9-16(10-8-14)19(24)25/h2-10,17-18H,11-13H2,1H3,(H,22,27)(H,24,25). The van der Waals surface area contributed by atoms with Crippen LogP contribution in [-0.2, 0) is 16.1 Å². The summed E-state index contributed by atoms with van der Waals surface area (Å²) in [5, 5.41) is 11.8. The molecule has 1 saturated heterocycles. The van der Waals surface area contributed by atoms with E-state index in [0.717, 1.165) is 11.1 Å². The predicted molar refractivity (Wildman–Crippen MR) is 102 cm³/mol. The van der Waals surface area contributed by atoms with E-state index in [1.165, 1.54) is 19.2 Å². The molecule has 2 amide bonds. The van der Waals surface area contributed by atoms with Gasteiger partial charge in [0, 0.05) is 25.6 Å². The molecule has 7 heteroatoms. The molecule has 0 radical (unpaired) electrons. The number of likely N-dealkylation sites (tertiary alicyclic amines) is 1. The van der Waals surface area contributed by atoms with Gasteiger partial charge in [0.25, 0.3) is 0 Å². The molecule has 0 aliphatic carbocycles. The van der Waals surface area contributed by atoms with E-state index < -0.39 is 11.9 Å². The number of benzene rings is 2. The number of methoxy groups -OCH3 is 1. The first-order valence-electron chi connectivity index (χ1n) is 8.97. The molecular weight excluding hydrogens is 360 g/mol. The largest absolute Gasteiger partial charge is 0.478 e. The number of nitrogens with one attached hydrogen (secondary N) is 1. The van der Waals surface area contributed by atoms with Gasteiger partial charge in [-0.3, -0.25) is 4.79 Å². The zero-order valence-corrected chi connectivity index (χ0v) is 15.5. The molecule has 2 aromatic rings. The van der Waals surface area contributed by atoms with E-state index in [1.807, 2.05) is 30.3 Å². The molecule has 28 heavy (non-hydrogen) atoms. The Morgan fingerprint density at radius 2 is 1.75 bits per heavy atom. The van der Waals surface area contributed by atoms with Crippen molar-refractivity contribution in [1.82, 2.24) is 10.2 Å². The molecular formula is C21H22N2O5. The molecule has 2 unspecified atom stereocenters. The summed E-state index contributed by atoms with van der Waals surface area (Å²) in [5.74, 6) is -1.84. The number of hydrogen-bond donors (Lipinski definition) is 2. The third-order valence-electron chi connectivity index (χ3n) is 4.98. The van der Waals surface area contributed by atoms with Crippen LogP contribution in [0.4, 0.5) is 4.79 Å². The van der Waals surface area contributed by atoms with Crippen LogP contribution in [0.15, 0.2) is 54.6 Å². The summed E-state index contributed by atoms with van der Waals surface area (Å²) < 4.78 is 4.93. The summed E-state index contributed by atoms with van der Waals surface area (Å²) in [7, 11) is 1.36. The number of esters is 1. The number of hydrogen-bond acceptors (Lipinski definition) is 4. The highest BCUT2D eigenvalue weighted by Crippen LogP contribution is 2.33. The number of carbonyl (C=O) groups is 3. The van der Waals surface area contributed by atoms with E-state index in [2.05, 4.69) is 5.32 Å². The molecule has 0 spiro atoms. The van der Waals surface area contributed by atoms with Gasteiger partial charge in [0.1, 0.15) is 0 Å². The number of ether oxygens (including phenoxy) is 1. The van der Waals surface area contributed by atoms with Crippen LogP contribution in [0.1, 0.15) is 27.4 Å². The van der Waals surface area contributed by atoms with Crippen molar-refractivity contribution in [2.75, 3.05) is 20.2 Å². The summed E-state index contributed by atoms with van der Waals surface area (Å²) in [6.07, 6.45) is 0. The molecule has 2 atom stereocenters. The Hall–Kier alpha value is -3.35. The van der Waals surface area contributed by atoms with Crippen LogP contribution in [-0.4, -0.2) is 48.2 Å². The van der Waals surface area contributed by atoms with Crippen LogP contribution in [0.5, 0.6) is 0 Å². The molecule has 7 nitrogen and oxygen atoms in total. The zero-order chi connectivity index (χ0) is 20.1. The van der Waals surface area contributed by atoms with Crippen molar-refractivity contribution in [1.29, 1.82) is 0 Å². The number of urea groups is 1. The molecule has 146 valence electrons. The van der Waals surface area contributed by atoms with E-state index >= 15 is 0 Å². The number of rotatable bonds is 5. The van der Waals surface area contributed by atoms with Gasteiger partial charge >= 0.3 is 18.0 Å². The minimum absolute atomic E-state index is 0.116. The molecule has 0 saturated carbocycles. The van der Waals surface area contributed by atoms with E-state index in [0.29, 0.717) is 6.54 Å². The van der Waals surface area contributed by atoms with Crippen LogP contribution in [0.3, 0.4) is 0 Å². The van der Waals surface area contributed by atoms with Crippen LogP contribution < -0.4 is 5.32 Å². The predicted octanol–water partition coefficient (Wildman–Crippen LogP) is 2.48. The highest BCUT2D eigenvalue weighted by atomic mass is 16.5. The van der Waals surface area contributed by atoms with Crippen molar-refractivity contribution >= 4 is 18.0 Å². The fourth-order valence-electron chi connectivity index (χ4n) is 3.45. The van der Waals surface area contributed by atoms with Crippen molar-refractivity contribution in [3.05, 3.63) is 71.3 Å². The number of carbonyl (C=O) groups excluding carboxylic acids is 2. The number of aromatic carboxylic acids is 1. The Labute approximate surface area is 162 Å². The fraction of sp³-hybridized carbons (Fsp3) is 0.286. The van der Waals surface area contributed by atoms with Crippen molar-refractivity contribution in [3.63, 3.8) is 0 Å². The SMILES string of the molecule is COC(=O)C1CN(C(=O)NCc2ccc(C(=O)O)cc2)CC1c1ccccc1. The Balaban J connectivity index is 1.65. The maximum absolute atomic E-state index is 12.6. The Morgan fingerprint density at radius 1 is 1.07 bits per heavy atom. The lowest BCUT2D eigenvalue weighted by Crippen LogP contribution is -2.38. The molecule has 1 aliphatic rings. The normalized spacial score (nSPS) is 18.5. The summed E-state index contributed by atoms with van der Waals surface area (Å²) in [4.78, 5) is 37.3. The smallest absolute Gasteiger partial charge is 0.335 e. The average molecular weight is 382 g/mol. The van der Waals surface area contributed by atoms with Gasteiger partial charge in [0.2, 0.25) is 0 Å². The quantitative estimate of drug-likeness (QED) is 0.775. The topological polar surface area (TPSA) is 95.9 Å². The first-order chi connectivity index (χ1) is 13.5. The molecule has 3 rings (SSSR count). The summed E-state index contributed by atoms with van der Waals surface area (Å²) in [6.45, 7) is 0.984. The van der Waals surface area contributed by atoms with Crippen molar-refractivity contribution in [2.45, 2.75) is 12.5 Å². The van der Waals surface area contributed by atoms with Gasteiger partial charge in [0.15, 0.2) is 0 Å². The molecule has 2 aromatic carbocycles. The lowest BCUT2D eigenvalue weighted by atomic mass is 9.89. The van der Waals surface area contributed by atoms with Gasteiger partial charge in [0.05, 0.1) is 18.6 Å². The molecule has 1 fully saturated rings. The lowest BCUT2D eigenvalue weighted by Gasteiger charge is -2.17. The lowest BCUT2D eigenvalue weighted by molar-refractivity contribution is -0.145. The number of carboxylic acid groups (broad SMARTS) is 1. The molecule has 0 aromatic heterocycles. The second kappa shape index (κ2) is 8.56. The fourth-order valence-corrected chi connectivity index (χ4v) is 3.45. The molecule has 1 heterocycles. The molecule has 0 bridgehead atoms. The maximum atomic E-state index is 12.6. The van der Waals surface area contributed by atoms with Gasteiger partial charge in [-0.25, -0.2) is 9.59 Å². The van der Waals surface area contributed by atoms with E-state index in [4.69, 9.17) is 9.84 Å². The van der Waals surface area contributed by atoms with Gasteiger partial charge in [-0.2, -0.15) is 0 Å². The molecule has 2 N–H and O–H groups in total. The Bertz CT molecular complexity index is 851. The second-order valence-electron chi connectivity index (χ2n) is 6.71. The van der Waals surface area contributed by atoms with E-state index in [1.54, 1.807) is 17.0 Å². The first-order valence-corrected chi connectivity index (χ1v) is 8.97. The van der Waals surface area contributed by atoms with Gasteiger partial charge in [-0.15, -0.1) is 0 Å². The van der Waals surface area contributed by atoms with Crippen molar-refractivity contribution < 1.29 is 24.2 Å². The maximum Gasteiger partial charge on any atom is 0.335 e. The zero-order valence-electron chi connectivity index (χ0n) is 15.5. The Kier molecular flexibility index (Phi) is 5.93. The third-order valence-corrected chi connectivity index (χ3v) is 4.98. The van der Waals surface area contributed by atoms with Crippen molar-refractivity contribution in [2.24, 2.45) is 5.92 Å².